The molecule has 3 N–H and O–H groups in total. The normalized spacial score (nSPS) is 13.6. The van der Waals surface area contributed by atoms with Crippen molar-refractivity contribution in [1.29, 1.82) is 5.26 Å². The van der Waals surface area contributed by atoms with Gasteiger partial charge in [0.1, 0.15) is 6.04 Å². The molecule has 10 heteroatoms. The van der Waals surface area contributed by atoms with Crippen LogP contribution in [-0.2, 0) is 14.8 Å². The highest BCUT2D eigenvalue weighted by Crippen LogP contribution is 2.32. The van der Waals surface area contributed by atoms with Gasteiger partial charge in [-0.25, -0.2) is 8.42 Å². The van der Waals surface area contributed by atoms with Crippen LogP contribution in [-0.4, -0.2) is 33.6 Å². The second-order valence-electron chi connectivity index (χ2n) is 7.89. The Morgan fingerprint density at radius 2 is 1.54 bits per heavy atom. The first-order chi connectivity index (χ1) is 16.8. The molecule has 4 rings (SSSR count). The molecule has 0 saturated heterocycles. The molecule has 180 valence electrons. The number of nitrogens with one attached hydrogen (secondary N) is 3. The molecule has 0 aliphatic carbocycles. The lowest BCUT2D eigenvalue weighted by Gasteiger charge is -2.16. The molecule has 3 aromatic rings. The van der Waals surface area contributed by atoms with Crippen molar-refractivity contribution in [3.8, 4) is 17.6 Å². The lowest BCUT2D eigenvalue weighted by Crippen LogP contribution is -2.31. The molecule has 1 aliphatic heterocycles. The molecule has 0 spiro atoms. The maximum Gasteiger partial charge on any atom is 0.262 e. The van der Waals surface area contributed by atoms with Crippen LogP contribution in [0.3, 0.4) is 0 Å². The Kier molecular flexibility index (Phi) is 7.08. The molecule has 1 aliphatic rings. The van der Waals surface area contributed by atoms with Gasteiger partial charge in [0.2, 0.25) is 5.91 Å². The Labute approximate surface area is 203 Å². The summed E-state index contributed by atoms with van der Waals surface area (Å²) in [6, 6.07) is 19.1. The van der Waals surface area contributed by atoms with Crippen LogP contribution in [0, 0.1) is 11.3 Å². The fraction of sp³-hybridized carbons (Fsp3) is 0.200. The second kappa shape index (κ2) is 10.4. The molecule has 1 amide bonds. The molecule has 0 unspecified atom stereocenters. The third kappa shape index (κ3) is 6.02. The summed E-state index contributed by atoms with van der Waals surface area (Å²) in [5.41, 5.74) is 2.11. The van der Waals surface area contributed by atoms with Crippen LogP contribution in [0.2, 0.25) is 0 Å². The van der Waals surface area contributed by atoms with Gasteiger partial charge in [-0.05, 0) is 67.6 Å². The van der Waals surface area contributed by atoms with Gasteiger partial charge >= 0.3 is 0 Å². The minimum atomic E-state index is -3.84. The summed E-state index contributed by atoms with van der Waals surface area (Å²) in [6.45, 7) is 2.69. The van der Waals surface area contributed by atoms with E-state index in [0.29, 0.717) is 47.3 Å². The van der Waals surface area contributed by atoms with Gasteiger partial charge < -0.3 is 20.1 Å². The van der Waals surface area contributed by atoms with Gasteiger partial charge in [-0.2, -0.15) is 5.26 Å². The van der Waals surface area contributed by atoms with Crippen molar-refractivity contribution in [1.82, 2.24) is 0 Å². The number of fused-ring (bicyclic) bond motifs is 1. The van der Waals surface area contributed by atoms with E-state index in [9.17, 15) is 13.2 Å². The number of hydrogen-bond donors (Lipinski definition) is 3. The lowest BCUT2D eigenvalue weighted by molar-refractivity contribution is -0.116. The first-order valence-corrected chi connectivity index (χ1v) is 12.4. The summed E-state index contributed by atoms with van der Waals surface area (Å²) in [6.07, 6.45) is 0.727. The molecule has 35 heavy (non-hydrogen) atoms. The largest absolute Gasteiger partial charge is 0.490 e. The topological polar surface area (TPSA) is 130 Å². The Morgan fingerprint density at radius 1 is 0.914 bits per heavy atom. The van der Waals surface area contributed by atoms with Gasteiger partial charge in [-0.3, -0.25) is 9.52 Å². The molecule has 0 saturated carbocycles. The Bertz CT molecular complexity index is 1350. The van der Waals surface area contributed by atoms with E-state index in [0.717, 1.165) is 6.42 Å². The molecule has 9 nitrogen and oxygen atoms in total. The van der Waals surface area contributed by atoms with E-state index >= 15 is 0 Å². The fourth-order valence-electron chi connectivity index (χ4n) is 3.35. The number of sulfonamides is 1. The number of rotatable bonds is 7. The highest BCUT2D eigenvalue weighted by molar-refractivity contribution is 7.92. The minimum absolute atomic E-state index is 0.0667. The van der Waals surface area contributed by atoms with Crippen LogP contribution in [0.4, 0.5) is 17.1 Å². The molecule has 3 aromatic carbocycles. The van der Waals surface area contributed by atoms with Crippen molar-refractivity contribution in [3.05, 3.63) is 72.3 Å². The highest BCUT2D eigenvalue weighted by Gasteiger charge is 2.19. The molecular weight excluding hydrogens is 468 g/mol. The van der Waals surface area contributed by atoms with Crippen molar-refractivity contribution in [3.63, 3.8) is 0 Å². The molecule has 0 bridgehead atoms. The van der Waals surface area contributed by atoms with E-state index in [4.69, 9.17) is 14.7 Å². The lowest BCUT2D eigenvalue weighted by atomic mass is 10.2. The van der Waals surface area contributed by atoms with Crippen LogP contribution < -0.4 is 24.8 Å². The number of carbonyl (C=O) groups is 1. The van der Waals surface area contributed by atoms with E-state index in [1.165, 1.54) is 12.1 Å². The predicted octanol–water partition coefficient (Wildman–Crippen LogP) is 3.96. The van der Waals surface area contributed by atoms with Gasteiger partial charge in [0, 0.05) is 29.5 Å². The maximum atomic E-state index is 12.8. The first-order valence-electron chi connectivity index (χ1n) is 10.9. The van der Waals surface area contributed by atoms with E-state index in [1.807, 2.05) is 6.07 Å². The zero-order valence-corrected chi connectivity index (χ0v) is 19.8. The number of carbonyl (C=O) groups excluding carboxylic acids is 1. The van der Waals surface area contributed by atoms with Crippen LogP contribution in [0.15, 0.2) is 71.6 Å². The third-order valence-electron chi connectivity index (χ3n) is 5.22. The summed E-state index contributed by atoms with van der Waals surface area (Å²) in [4.78, 5) is 12.5. The molecule has 0 radical (unpaired) electrons. The molecule has 0 aromatic heterocycles. The number of nitriles is 1. The summed E-state index contributed by atoms with van der Waals surface area (Å²) in [5, 5.41) is 14.7. The maximum absolute atomic E-state index is 12.8. The average Bonchev–Trinajstić information content (AvgIpc) is 3.10. The van der Waals surface area contributed by atoms with E-state index in [2.05, 4.69) is 15.4 Å². The Balaban J connectivity index is 1.37. The Hall–Kier alpha value is -4.23. The smallest absolute Gasteiger partial charge is 0.262 e. The standard InChI is InChI=1S/C25H24N4O5S/c1-17(25(30)28-20-5-3-18(16-26)4-6-20)27-19-7-9-21(10-8-19)29-35(31,32)22-11-12-23-24(15-22)34-14-2-13-33-23/h3-12,15,17,27,29H,2,13-14H2,1H3,(H,28,30)/t17-/m1/s1. The SMILES string of the molecule is C[C@@H](Nc1ccc(NS(=O)(=O)c2ccc3c(c2)OCCCO3)cc1)C(=O)Nc1ccc(C#N)cc1. The number of nitrogens with zero attached hydrogens (tertiary/aromatic N) is 1. The minimum Gasteiger partial charge on any atom is -0.490 e. The van der Waals surface area contributed by atoms with Crippen molar-refractivity contribution < 1.29 is 22.7 Å². The number of benzene rings is 3. The fourth-order valence-corrected chi connectivity index (χ4v) is 4.43. The summed E-state index contributed by atoms with van der Waals surface area (Å²) in [5.74, 6) is 0.668. The highest BCUT2D eigenvalue weighted by atomic mass is 32.2. The van der Waals surface area contributed by atoms with Crippen molar-refractivity contribution >= 4 is 33.0 Å². The van der Waals surface area contributed by atoms with Gasteiger partial charge in [0.15, 0.2) is 11.5 Å². The summed E-state index contributed by atoms with van der Waals surface area (Å²) >= 11 is 0. The van der Waals surface area contributed by atoms with Crippen LogP contribution in [0.1, 0.15) is 18.9 Å². The zero-order valence-electron chi connectivity index (χ0n) is 18.9. The molecule has 1 heterocycles. The van der Waals surface area contributed by atoms with Gasteiger partial charge in [0.05, 0.1) is 29.7 Å². The molecule has 1 atom stereocenters. The number of anilines is 3. The number of hydrogen-bond acceptors (Lipinski definition) is 7. The van der Waals surface area contributed by atoms with Crippen LogP contribution in [0.25, 0.3) is 0 Å². The number of ether oxygens (including phenoxy) is 2. The van der Waals surface area contributed by atoms with Crippen molar-refractivity contribution in [2.45, 2.75) is 24.3 Å². The summed E-state index contributed by atoms with van der Waals surface area (Å²) in [7, 11) is -3.84. The predicted molar refractivity (Wildman–Crippen MR) is 132 cm³/mol. The van der Waals surface area contributed by atoms with Crippen molar-refractivity contribution in [2.75, 3.05) is 28.6 Å². The van der Waals surface area contributed by atoms with Gasteiger partial charge in [0.25, 0.3) is 10.0 Å². The van der Waals surface area contributed by atoms with E-state index in [-0.39, 0.29) is 10.8 Å². The quantitative estimate of drug-likeness (QED) is 0.455. The van der Waals surface area contributed by atoms with Gasteiger partial charge in [-0.1, -0.05) is 0 Å². The monoisotopic (exact) mass is 492 g/mol. The Morgan fingerprint density at radius 3 is 2.23 bits per heavy atom. The second-order valence-corrected chi connectivity index (χ2v) is 9.57. The van der Waals surface area contributed by atoms with Crippen LogP contribution >= 0.6 is 0 Å². The zero-order chi connectivity index (χ0) is 24.8. The van der Waals surface area contributed by atoms with Gasteiger partial charge in [-0.15, -0.1) is 0 Å². The first kappa shape index (κ1) is 23.9. The molecular formula is C25H24N4O5S. The summed E-state index contributed by atoms with van der Waals surface area (Å²) < 4.78 is 39.4. The van der Waals surface area contributed by atoms with Crippen LogP contribution in [0.5, 0.6) is 11.5 Å². The number of amides is 1. The third-order valence-corrected chi connectivity index (χ3v) is 6.60. The average molecular weight is 493 g/mol. The van der Waals surface area contributed by atoms with E-state index < -0.39 is 16.1 Å². The van der Waals surface area contributed by atoms with E-state index in [1.54, 1.807) is 61.5 Å². The molecule has 0 fully saturated rings. The van der Waals surface area contributed by atoms with Crippen molar-refractivity contribution in [2.24, 2.45) is 0 Å².